The summed E-state index contributed by atoms with van der Waals surface area (Å²) in [5.74, 6) is 0.475. The van der Waals surface area contributed by atoms with E-state index in [0.717, 1.165) is 0 Å². The molecule has 1 aliphatic heterocycles. The number of anilines is 1. The number of amides is 1. The van der Waals surface area contributed by atoms with Gasteiger partial charge in [0.2, 0.25) is 0 Å². The van der Waals surface area contributed by atoms with Crippen LogP contribution in [-0.4, -0.2) is 46.9 Å². The van der Waals surface area contributed by atoms with Crippen molar-refractivity contribution in [2.24, 2.45) is 0 Å². The first-order chi connectivity index (χ1) is 12.1. The molecule has 1 fully saturated rings. The van der Waals surface area contributed by atoms with Crippen molar-refractivity contribution in [1.82, 2.24) is 9.88 Å². The molecule has 0 atom stereocenters. The van der Waals surface area contributed by atoms with Crippen molar-refractivity contribution in [3.8, 4) is 6.07 Å². The smallest absolute Gasteiger partial charge is 0.269 e. The lowest BCUT2D eigenvalue weighted by molar-refractivity contribution is -0.384. The quantitative estimate of drug-likeness (QED) is 0.625. The molecule has 1 aromatic heterocycles. The van der Waals surface area contributed by atoms with Crippen LogP contribution < -0.4 is 4.90 Å². The molecule has 2 aromatic rings. The Labute approximate surface area is 144 Å². The average Bonchev–Trinajstić information content (AvgIpc) is 2.67. The second-order valence-corrected chi connectivity index (χ2v) is 5.57. The molecule has 1 aliphatic rings. The highest BCUT2D eigenvalue weighted by Gasteiger charge is 2.24. The minimum Gasteiger partial charge on any atom is -0.352 e. The van der Waals surface area contributed by atoms with E-state index in [4.69, 9.17) is 0 Å². The number of carbonyl (C=O) groups excluding carboxylic acids is 1. The van der Waals surface area contributed by atoms with Crippen LogP contribution in [0.1, 0.15) is 15.9 Å². The van der Waals surface area contributed by atoms with Crippen LogP contribution in [0.4, 0.5) is 11.5 Å². The lowest BCUT2D eigenvalue weighted by Gasteiger charge is -2.35. The maximum Gasteiger partial charge on any atom is 0.269 e. The van der Waals surface area contributed by atoms with Gasteiger partial charge in [0.15, 0.2) is 0 Å². The molecule has 2 heterocycles. The number of carbonyl (C=O) groups is 1. The lowest BCUT2D eigenvalue weighted by Crippen LogP contribution is -2.49. The Hall–Kier alpha value is -3.47. The highest BCUT2D eigenvalue weighted by molar-refractivity contribution is 5.94. The second kappa shape index (κ2) is 6.97. The van der Waals surface area contributed by atoms with Crippen LogP contribution >= 0.6 is 0 Å². The van der Waals surface area contributed by atoms with E-state index in [1.165, 1.54) is 24.3 Å². The SMILES string of the molecule is N#Cc1cccnc1N1CCN(C(=O)c2ccc([N+](=O)[O-])cc2)CC1. The van der Waals surface area contributed by atoms with Crippen LogP contribution in [-0.2, 0) is 0 Å². The van der Waals surface area contributed by atoms with Gasteiger partial charge in [-0.15, -0.1) is 0 Å². The summed E-state index contributed by atoms with van der Waals surface area (Å²) in [5.41, 5.74) is 0.896. The van der Waals surface area contributed by atoms with Gasteiger partial charge in [0.05, 0.1) is 10.5 Å². The number of rotatable bonds is 3. The molecule has 0 saturated carbocycles. The molecule has 0 bridgehead atoms. The van der Waals surface area contributed by atoms with Crippen molar-refractivity contribution in [3.05, 3.63) is 63.8 Å². The Morgan fingerprint density at radius 1 is 1.16 bits per heavy atom. The molecule has 0 unspecified atom stereocenters. The number of hydrogen-bond acceptors (Lipinski definition) is 6. The zero-order chi connectivity index (χ0) is 17.8. The summed E-state index contributed by atoms with van der Waals surface area (Å²) >= 11 is 0. The van der Waals surface area contributed by atoms with Crippen molar-refractivity contribution in [1.29, 1.82) is 5.26 Å². The number of benzene rings is 1. The van der Waals surface area contributed by atoms with Gasteiger partial charge in [0, 0.05) is 50.1 Å². The van der Waals surface area contributed by atoms with Crippen LogP contribution in [0, 0.1) is 21.4 Å². The predicted octanol–water partition coefficient (Wildman–Crippen LogP) is 1.82. The fourth-order valence-electron chi connectivity index (χ4n) is 2.77. The van der Waals surface area contributed by atoms with Crippen molar-refractivity contribution >= 4 is 17.4 Å². The minimum absolute atomic E-state index is 0.0412. The number of hydrogen-bond donors (Lipinski definition) is 0. The predicted molar refractivity (Wildman–Crippen MR) is 90.2 cm³/mol. The lowest BCUT2D eigenvalue weighted by atomic mass is 10.1. The van der Waals surface area contributed by atoms with Crippen molar-refractivity contribution in [2.75, 3.05) is 31.1 Å². The number of nitro groups is 1. The third kappa shape index (κ3) is 3.40. The van der Waals surface area contributed by atoms with E-state index in [1.807, 2.05) is 4.90 Å². The maximum absolute atomic E-state index is 12.5. The Kier molecular flexibility index (Phi) is 4.57. The summed E-state index contributed by atoms with van der Waals surface area (Å²) < 4.78 is 0. The first-order valence-electron chi connectivity index (χ1n) is 7.74. The van der Waals surface area contributed by atoms with Crippen LogP contribution in [0.25, 0.3) is 0 Å². The second-order valence-electron chi connectivity index (χ2n) is 5.57. The molecule has 1 saturated heterocycles. The highest BCUT2D eigenvalue weighted by atomic mass is 16.6. The number of pyridine rings is 1. The van der Waals surface area contributed by atoms with E-state index in [1.54, 1.807) is 23.2 Å². The zero-order valence-corrected chi connectivity index (χ0v) is 13.3. The Balaban J connectivity index is 1.66. The summed E-state index contributed by atoms with van der Waals surface area (Å²) in [6, 6.07) is 11.2. The van der Waals surface area contributed by atoms with E-state index in [0.29, 0.717) is 43.1 Å². The van der Waals surface area contributed by atoms with Crippen molar-refractivity contribution < 1.29 is 9.72 Å². The molecule has 3 rings (SSSR count). The van der Waals surface area contributed by atoms with Crippen LogP contribution in [0.15, 0.2) is 42.6 Å². The summed E-state index contributed by atoms with van der Waals surface area (Å²) in [7, 11) is 0. The molecule has 1 aromatic carbocycles. The number of non-ortho nitro benzene ring substituents is 1. The summed E-state index contributed by atoms with van der Waals surface area (Å²) in [6.45, 7) is 2.14. The minimum atomic E-state index is -0.493. The first kappa shape index (κ1) is 16.4. The monoisotopic (exact) mass is 337 g/mol. The van der Waals surface area contributed by atoms with E-state index < -0.39 is 4.92 Å². The van der Waals surface area contributed by atoms with Gasteiger partial charge in [0.1, 0.15) is 11.9 Å². The van der Waals surface area contributed by atoms with Gasteiger partial charge in [-0.2, -0.15) is 5.26 Å². The van der Waals surface area contributed by atoms with E-state index in [-0.39, 0.29) is 11.6 Å². The number of nitro benzene ring substituents is 1. The molecule has 0 N–H and O–H groups in total. The van der Waals surface area contributed by atoms with Gasteiger partial charge >= 0.3 is 0 Å². The molecular weight excluding hydrogens is 322 g/mol. The normalized spacial score (nSPS) is 14.0. The first-order valence-corrected chi connectivity index (χ1v) is 7.74. The summed E-state index contributed by atoms with van der Waals surface area (Å²) in [4.78, 5) is 30.7. The van der Waals surface area contributed by atoms with E-state index >= 15 is 0 Å². The summed E-state index contributed by atoms with van der Waals surface area (Å²) in [5, 5.41) is 19.9. The zero-order valence-electron chi connectivity index (χ0n) is 13.3. The molecule has 0 radical (unpaired) electrons. The van der Waals surface area contributed by atoms with Crippen LogP contribution in [0.3, 0.4) is 0 Å². The molecule has 0 aliphatic carbocycles. The van der Waals surface area contributed by atoms with Gasteiger partial charge in [0.25, 0.3) is 11.6 Å². The van der Waals surface area contributed by atoms with Gasteiger partial charge in [-0.05, 0) is 24.3 Å². The maximum atomic E-state index is 12.5. The topological polar surface area (TPSA) is 103 Å². The molecule has 8 heteroatoms. The standard InChI is InChI=1S/C17H15N5O3/c18-12-14-2-1-7-19-16(14)20-8-10-21(11-9-20)17(23)13-3-5-15(6-4-13)22(24)25/h1-7H,8-11H2. The number of aromatic nitrogens is 1. The average molecular weight is 337 g/mol. The van der Waals surface area contributed by atoms with Gasteiger partial charge in [-0.3, -0.25) is 14.9 Å². The van der Waals surface area contributed by atoms with E-state index in [9.17, 15) is 20.2 Å². The van der Waals surface area contributed by atoms with Crippen molar-refractivity contribution in [3.63, 3.8) is 0 Å². The van der Waals surface area contributed by atoms with Gasteiger partial charge in [-0.1, -0.05) is 0 Å². The van der Waals surface area contributed by atoms with Gasteiger partial charge < -0.3 is 9.80 Å². The molecule has 8 nitrogen and oxygen atoms in total. The van der Waals surface area contributed by atoms with Crippen LogP contribution in [0.2, 0.25) is 0 Å². The summed E-state index contributed by atoms with van der Waals surface area (Å²) in [6.07, 6.45) is 1.64. The number of piperazine rings is 1. The third-order valence-electron chi connectivity index (χ3n) is 4.10. The molecule has 25 heavy (non-hydrogen) atoms. The number of nitrogens with zero attached hydrogens (tertiary/aromatic N) is 5. The molecule has 126 valence electrons. The van der Waals surface area contributed by atoms with E-state index in [2.05, 4.69) is 11.1 Å². The van der Waals surface area contributed by atoms with Gasteiger partial charge in [-0.25, -0.2) is 4.98 Å². The molecule has 0 spiro atoms. The van der Waals surface area contributed by atoms with Crippen LogP contribution in [0.5, 0.6) is 0 Å². The highest BCUT2D eigenvalue weighted by Crippen LogP contribution is 2.19. The fourth-order valence-corrected chi connectivity index (χ4v) is 2.77. The fraction of sp³-hybridized carbons (Fsp3) is 0.235. The Bertz CT molecular complexity index is 836. The van der Waals surface area contributed by atoms with Crippen molar-refractivity contribution in [2.45, 2.75) is 0 Å². The molecular formula is C17H15N5O3. The molecule has 1 amide bonds. The number of nitriles is 1. The largest absolute Gasteiger partial charge is 0.352 e. The Morgan fingerprint density at radius 2 is 1.84 bits per heavy atom. The third-order valence-corrected chi connectivity index (χ3v) is 4.10. The Morgan fingerprint density at radius 3 is 2.44 bits per heavy atom.